The van der Waals surface area contributed by atoms with E-state index < -0.39 is 21.5 Å². The summed E-state index contributed by atoms with van der Waals surface area (Å²) in [6.07, 6.45) is 0. The minimum atomic E-state index is -0.920. The van der Waals surface area contributed by atoms with Gasteiger partial charge in [0.25, 0.3) is 11.6 Å². The van der Waals surface area contributed by atoms with E-state index in [0.29, 0.717) is 30.3 Å². The van der Waals surface area contributed by atoms with Gasteiger partial charge in [-0.15, -0.1) is 0 Å². The summed E-state index contributed by atoms with van der Waals surface area (Å²) in [4.78, 5) is 40.1. The molecular formula is C20H21N3O5S. The van der Waals surface area contributed by atoms with E-state index in [9.17, 15) is 23.9 Å². The first kappa shape index (κ1) is 20.7. The zero-order chi connectivity index (χ0) is 21.1. The molecule has 0 unspecified atom stereocenters. The smallest absolute Gasteiger partial charge is 0.293 e. The van der Waals surface area contributed by atoms with Gasteiger partial charge in [0.15, 0.2) is 5.78 Å². The van der Waals surface area contributed by atoms with Crippen LogP contribution in [-0.2, 0) is 10.8 Å². The van der Waals surface area contributed by atoms with Crippen LogP contribution < -0.4 is 4.90 Å². The largest absolute Gasteiger partial charge is 0.372 e. The Hall–Kier alpha value is -3.07. The van der Waals surface area contributed by atoms with Crippen molar-refractivity contribution in [3.05, 3.63) is 69.3 Å². The molecule has 29 heavy (non-hydrogen) atoms. The molecule has 0 aromatic heterocycles. The first-order valence-electron chi connectivity index (χ1n) is 9.03. The Morgan fingerprint density at radius 1 is 1.07 bits per heavy atom. The van der Waals surface area contributed by atoms with E-state index in [0.717, 1.165) is 0 Å². The Bertz CT molecular complexity index is 995. The van der Waals surface area contributed by atoms with Crippen LogP contribution >= 0.6 is 0 Å². The molecule has 1 amide bonds. The van der Waals surface area contributed by atoms with Crippen LogP contribution in [0, 0.1) is 10.1 Å². The summed E-state index contributed by atoms with van der Waals surface area (Å²) in [5.41, 5.74) is 0.781. The van der Waals surface area contributed by atoms with Crippen LogP contribution in [0.1, 0.15) is 26.3 Å². The van der Waals surface area contributed by atoms with Gasteiger partial charge in [0.05, 0.1) is 10.5 Å². The lowest BCUT2D eigenvalue weighted by Crippen LogP contribution is -2.42. The van der Waals surface area contributed by atoms with Gasteiger partial charge in [0, 0.05) is 66.7 Å². The molecule has 1 heterocycles. The number of amides is 1. The van der Waals surface area contributed by atoms with Crippen molar-refractivity contribution in [3.63, 3.8) is 0 Å². The van der Waals surface area contributed by atoms with E-state index in [2.05, 4.69) is 0 Å². The molecular weight excluding hydrogens is 394 g/mol. The SMILES string of the molecule is CN(C)c1ccc(C(=O)c2ccccc2C(=O)N2CCS(=O)CC2)cc1[N+](=O)[O-]. The fourth-order valence-corrected chi connectivity index (χ4v) is 4.28. The van der Waals surface area contributed by atoms with Gasteiger partial charge in [0.1, 0.15) is 5.69 Å². The minimum absolute atomic E-state index is 0.141. The number of nitrogens with zero attached hydrogens (tertiary/aromatic N) is 3. The average molecular weight is 415 g/mol. The van der Waals surface area contributed by atoms with E-state index in [-0.39, 0.29) is 28.3 Å². The number of nitro benzene ring substituents is 1. The highest BCUT2D eigenvalue weighted by Gasteiger charge is 2.26. The molecule has 152 valence electrons. The maximum atomic E-state index is 13.1. The maximum Gasteiger partial charge on any atom is 0.293 e. The third-order valence-corrected chi connectivity index (χ3v) is 6.06. The molecule has 1 saturated heterocycles. The van der Waals surface area contributed by atoms with Gasteiger partial charge in [-0.25, -0.2) is 0 Å². The van der Waals surface area contributed by atoms with E-state index in [1.54, 1.807) is 48.2 Å². The van der Waals surface area contributed by atoms with E-state index >= 15 is 0 Å². The highest BCUT2D eigenvalue weighted by atomic mass is 32.2. The van der Waals surface area contributed by atoms with Crippen LogP contribution in [0.15, 0.2) is 42.5 Å². The quantitative estimate of drug-likeness (QED) is 0.421. The molecule has 8 nitrogen and oxygen atoms in total. The molecule has 9 heteroatoms. The lowest BCUT2D eigenvalue weighted by molar-refractivity contribution is -0.384. The van der Waals surface area contributed by atoms with Crippen molar-refractivity contribution in [1.29, 1.82) is 0 Å². The fraction of sp³-hybridized carbons (Fsp3) is 0.300. The Kier molecular flexibility index (Phi) is 6.07. The number of carbonyl (C=O) groups is 2. The Balaban J connectivity index is 1.97. The molecule has 0 atom stereocenters. The number of hydrogen-bond donors (Lipinski definition) is 0. The highest BCUT2D eigenvalue weighted by Crippen LogP contribution is 2.29. The molecule has 2 aromatic rings. The van der Waals surface area contributed by atoms with Gasteiger partial charge in [-0.2, -0.15) is 0 Å². The first-order chi connectivity index (χ1) is 13.8. The van der Waals surface area contributed by atoms with Gasteiger partial charge in [-0.05, 0) is 18.2 Å². The Morgan fingerprint density at radius 2 is 1.69 bits per heavy atom. The number of rotatable bonds is 5. The van der Waals surface area contributed by atoms with Crippen LogP contribution in [0.4, 0.5) is 11.4 Å². The molecule has 0 saturated carbocycles. The topological polar surface area (TPSA) is 101 Å². The summed E-state index contributed by atoms with van der Waals surface area (Å²) >= 11 is 0. The number of benzene rings is 2. The summed E-state index contributed by atoms with van der Waals surface area (Å²) in [6, 6.07) is 10.7. The van der Waals surface area contributed by atoms with Crippen molar-refractivity contribution >= 4 is 33.9 Å². The van der Waals surface area contributed by atoms with Gasteiger partial charge in [0.2, 0.25) is 0 Å². The van der Waals surface area contributed by atoms with Crippen LogP contribution in [0.3, 0.4) is 0 Å². The highest BCUT2D eigenvalue weighted by molar-refractivity contribution is 7.85. The summed E-state index contributed by atoms with van der Waals surface area (Å²) < 4.78 is 11.6. The number of ketones is 1. The Morgan fingerprint density at radius 3 is 2.28 bits per heavy atom. The van der Waals surface area contributed by atoms with Crippen molar-refractivity contribution in [1.82, 2.24) is 4.90 Å². The zero-order valence-electron chi connectivity index (χ0n) is 16.2. The molecule has 3 rings (SSSR count). The van der Waals surface area contributed by atoms with Crippen molar-refractivity contribution in [2.75, 3.05) is 43.6 Å². The molecule has 1 fully saturated rings. The standard InChI is InChI=1S/C20H21N3O5S/c1-21(2)17-8-7-14(13-18(17)23(26)27)19(24)15-5-3-4-6-16(15)20(25)22-9-11-29(28)12-10-22/h3-8,13H,9-12H2,1-2H3. The average Bonchev–Trinajstić information content (AvgIpc) is 2.72. The van der Waals surface area contributed by atoms with Crippen LogP contribution in [0.25, 0.3) is 0 Å². The summed E-state index contributed by atoms with van der Waals surface area (Å²) in [7, 11) is 2.45. The lowest BCUT2D eigenvalue weighted by Gasteiger charge is -2.27. The minimum Gasteiger partial charge on any atom is -0.372 e. The molecule has 0 aliphatic carbocycles. The molecule has 2 aromatic carbocycles. The number of carbonyl (C=O) groups excluding carboxylic acids is 2. The van der Waals surface area contributed by atoms with Gasteiger partial charge in [-0.3, -0.25) is 23.9 Å². The predicted molar refractivity (Wildman–Crippen MR) is 111 cm³/mol. The van der Waals surface area contributed by atoms with Crippen molar-refractivity contribution in [2.45, 2.75) is 0 Å². The van der Waals surface area contributed by atoms with E-state index in [1.807, 2.05) is 0 Å². The van der Waals surface area contributed by atoms with Crippen molar-refractivity contribution < 1.29 is 18.7 Å². The second kappa shape index (κ2) is 8.52. The number of nitro groups is 1. The van der Waals surface area contributed by atoms with E-state index in [1.165, 1.54) is 18.2 Å². The molecule has 1 aliphatic heterocycles. The van der Waals surface area contributed by atoms with Crippen molar-refractivity contribution in [3.8, 4) is 0 Å². The molecule has 0 N–H and O–H groups in total. The summed E-state index contributed by atoms with van der Waals surface area (Å²) in [5.74, 6) is 0.0769. The molecule has 1 aliphatic rings. The third kappa shape index (κ3) is 4.34. The van der Waals surface area contributed by atoms with Gasteiger partial charge < -0.3 is 9.80 Å². The fourth-order valence-electron chi connectivity index (χ4n) is 3.22. The Labute approximate surface area is 170 Å². The summed E-state index contributed by atoms with van der Waals surface area (Å²) in [6.45, 7) is 0.744. The monoisotopic (exact) mass is 415 g/mol. The molecule has 0 spiro atoms. The number of anilines is 1. The first-order valence-corrected chi connectivity index (χ1v) is 10.5. The second-order valence-electron chi connectivity index (χ2n) is 6.87. The molecule has 0 radical (unpaired) electrons. The predicted octanol–water partition coefficient (Wildman–Crippen LogP) is 2.10. The maximum absolute atomic E-state index is 13.1. The van der Waals surface area contributed by atoms with E-state index in [4.69, 9.17) is 0 Å². The van der Waals surface area contributed by atoms with Crippen LogP contribution in [-0.4, -0.2) is 64.4 Å². The molecule has 0 bridgehead atoms. The summed E-state index contributed by atoms with van der Waals surface area (Å²) in [5, 5.41) is 11.4. The van der Waals surface area contributed by atoms with Crippen LogP contribution in [0.2, 0.25) is 0 Å². The normalized spacial score (nSPS) is 14.5. The lowest BCUT2D eigenvalue weighted by atomic mass is 9.97. The zero-order valence-corrected chi connectivity index (χ0v) is 17.0. The van der Waals surface area contributed by atoms with Gasteiger partial charge >= 0.3 is 0 Å². The van der Waals surface area contributed by atoms with Crippen LogP contribution in [0.5, 0.6) is 0 Å². The van der Waals surface area contributed by atoms with Crippen molar-refractivity contribution in [2.24, 2.45) is 0 Å². The third-order valence-electron chi connectivity index (χ3n) is 4.78. The van der Waals surface area contributed by atoms with Gasteiger partial charge in [-0.1, -0.05) is 18.2 Å². The second-order valence-corrected chi connectivity index (χ2v) is 8.57. The number of hydrogen-bond acceptors (Lipinski definition) is 6.